The summed E-state index contributed by atoms with van der Waals surface area (Å²) in [4.78, 5) is 16.4. The van der Waals surface area contributed by atoms with Crippen molar-refractivity contribution in [2.24, 2.45) is 0 Å². The first kappa shape index (κ1) is 19.3. The number of fused-ring (bicyclic) bond motifs is 1. The van der Waals surface area contributed by atoms with Crippen LogP contribution in [0.2, 0.25) is 0 Å². The van der Waals surface area contributed by atoms with Gasteiger partial charge in [-0.15, -0.1) is 0 Å². The molecule has 1 saturated heterocycles. The summed E-state index contributed by atoms with van der Waals surface area (Å²) in [6.45, 7) is 3.44. The molecule has 0 saturated carbocycles. The normalized spacial score (nSPS) is 14.5. The Morgan fingerprint density at radius 3 is 2.65 bits per heavy atom. The largest absolute Gasteiger partial charge is 0.508 e. The van der Waals surface area contributed by atoms with Gasteiger partial charge in [-0.2, -0.15) is 4.98 Å². The molecule has 0 radical (unpaired) electrons. The van der Waals surface area contributed by atoms with Gasteiger partial charge in [-0.05, 0) is 17.7 Å². The predicted octanol–water partition coefficient (Wildman–Crippen LogP) is 3.75. The summed E-state index contributed by atoms with van der Waals surface area (Å²) in [6.07, 6.45) is 5.98. The summed E-state index contributed by atoms with van der Waals surface area (Å²) >= 11 is 0. The molecule has 1 N–H and O–H groups in total. The van der Waals surface area contributed by atoms with E-state index >= 15 is 0 Å². The van der Waals surface area contributed by atoms with Crippen LogP contribution in [-0.4, -0.2) is 50.9 Å². The van der Waals surface area contributed by atoms with Crippen LogP contribution in [0.25, 0.3) is 28.5 Å². The average molecular weight is 413 g/mol. The summed E-state index contributed by atoms with van der Waals surface area (Å²) in [7, 11) is 0. The first-order valence-electron chi connectivity index (χ1n) is 10.3. The smallest absolute Gasteiger partial charge is 0.228 e. The summed E-state index contributed by atoms with van der Waals surface area (Å²) in [6, 6.07) is 17.3. The Balaban J connectivity index is 1.56. The van der Waals surface area contributed by atoms with Crippen molar-refractivity contribution in [3.8, 4) is 17.0 Å². The zero-order chi connectivity index (χ0) is 21.0. The summed E-state index contributed by atoms with van der Waals surface area (Å²) in [5.41, 5.74) is 4.17. The molecule has 3 heterocycles. The van der Waals surface area contributed by atoms with Crippen molar-refractivity contribution in [3.05, 3.63) is 72.6 Å². The summed E-state index contributed by atoms with van der Waals surface area (Å²) in [5, 5.41) is 9.99. The molecule has 4 aromatic rings. The fourth-order valence-electron chi connectivity index (χ4n) is 3.69. The molecule has 2 aromatic carbocycles. The highest BCUT2D eigenvalue weighted by Gasteiger charge is 2.20. The maximum atomic E-state index is 9.99. The second-order valence-corrected chi connectivity index (χ2v) is 7.40. The molecular weight excluding hydrogens is 390 g/mol. The molecule has 156 valence electrons. The van der Waals surface area contributed by atoms with E-state index in [0.29, 0.717) is 31.4 Å². The van der Waals surface area contributed by atoms with Gasteiger partial charge in [-0.25, -0.2) is 9.97 Å². The van der Waals surface area contributed by atoms with Crippen LogP contribution in [0.3, 0.4) is 0 Å². The predicted molar refractivity (Wildman–Crippen MR) is 121 cm³/mol. The molecular formula is C24H23N5O2. The first-order valence-corrected chi connectivity index (χ1v) is 10.3. The quantitative estimate of drug-likeness (QED) is 0.537. The van der Waals surface area contributed by atoms with Gasteiger partial charge in [0.25, 0.3) is 0 Å². The monoisotopic (exact) mass is 413 g/mol. The van der Waals surface area contributed by atoms with Gasteiger partial charge in [0.2, 0.25) is 5.95 Å². The Morgan fingerprint density at radius 2 is 1.84 bits per heavy atom. The minimum atomic E-state index is 0.197. The van der Waals surface area contributed by atoms with Crippen LogP contribution in [0.4, 0.5) is 5.95 Å². The number of phenolic OH excluding ortho intramolecular Hbond substituents is 1. The van der Waals surface area contributed by atoms with Gasteiger partial charge in [0.05, 0.1) is 19.5 Å². The lowest BCUT2D eigenvalue weighted by Gasteiger charge is -2.27. The second kappa shape index (κ2) is 8.57. The van der Waals surface area contributed by atoms with Crippen molar-refractivity contribution in [2.75, 3.05) is 31.2 Å². The van der Waals surface area contributed by atoms with Crippen LogP contribution < -0.4 is 4.90 Å². The molecule has 31 heavy (non-hydrogen) atoms. The molecule has 7 nitrogen and oxygen atoms in total. The van der Waals surface area contributed by atoms with Crippen molar-refractivity contribution >= 4 is 23.2 Å². The third-order valence-corrected chi connectivity index (χ3v) is 5.28. The molecule has 0 atom stereocenters. The van der Waals surface area contributed by atoms with Crippen molar-refractivity contribution in [1.82, 2.24) is 19.5 Å². The lowest BCUT2D eigenvalue weighted by molar-refractivity contribution is 0.122. The topological polar surface area (TPSA) is 76.3 Å². The van der Waals surface area contributed by atoms with E-state index in [1.165, 1.54) is 0 Å². The number of hydrogen-bond donors (Lipinski definition) is 1. The molecule has 0 unspecified atom stereocenters. The van der Waals surface area contributed by atoms with Crippen LogP contribution in [-0.2, 0) is 11.3 Å². The number of morpholine rings is 1. The lowest BCUT2D eigenvalue weighted by atomic mass is 10.1. The van der Waals surface area contributed by atoms with Crippen molar-refractivity contribution in [3.63, 3.8) is 0 Å². The highest BCUT2D eigenvalue weighted by atomic mass is 16.5. The number of imidazole rings is 1. The van der Waals surface area contributed by atoms with Crippen LogP contribution in [0.5, 0.6) is 5.75 Å². The fourth-order valence-corrected chi connectivity index (χ4v) is 3.69. The van der Waals surface area contributed by atoms with E-state index in [-0.39, 0.29) is 5.75 Å². The number of benzene rings is 2. The van der Waals surface area contributed by atoms with E-state index in [0.717, 1.165) is 35.4 Å². The maximum absolute atomic E-state index is 9.99. The minimum absolute atomic E-state index is 0.197. The van der Waals surface area contributed by atoms with Crippen molar-refractivity contribution in [2.45, 2.75) is 6.54 Å². The molecule has 0 aliphatic carbocycles. The van der Waals surface area contributed by atoms with Gasteiger partial charge in [0, 0.05) is 25.2 Å². The molecule has 1 fully saturated rings. The number of aromatic nitrogens is 4. The average Bonchev–Trinajstić information content (AvgIpc) is 3.23. The number of hydrogen-bond acceptors (Lipinski definition) is 6. The van der Waals surface area contributed by atoms with Crippen LogP contribution in [0, 0.1) is 0 Å². The molecule has 5 rings (SSSR count). The zero-order valence-electron chi connectivity index (χ0n) is 17.1. The maximum Gasteiger partial charge on any atom is 0.228 e. The first-order chi connectivity index (χ1) is 15.3. The Bertz CT molecular complexity index is 1210. The number of anilines is 1. The number of rotatable bonds is 5. The third kappa shape index (κ3) is 4.13. The lowest BCUT2D eigenvalue weighted by Crippen LogP contribution is -2.37. The standard InChI is InChI=1S/C24H23N5O2/c30-20-10-4-9-19(16-20)21-22-23(27-24(26-21)28-12-14-31-15-13-28)29(17-25-22)11-5-8-18-6-2-1-3-7-18/h1-10,16-17,30H,11-15H2. The van der Waals surface area contributed by atoms with E-state index in [4.69, 9.17) is 14.7 Å². The minimum Gasteiger partial charge on any atom is -0.508 e. The van der Waals surface area contributed by atoms with Crippen LogP contribution in [0.15, 0.2) is 67.0 Å². The van der Waals surface area contributed by atoms with E-state index in [9.17, 15) is 5.11 Å². The Labute approximate surface area is 180 Å². The zero-order valence-corrected chi connectivity index (χ0v) is 17.1. The van der Waals surface area contributed by atoms with Gasteiger partial charge < -0.3 is 19.3 Å². The van der Waals surface area contributed by atoms with Gasteiger partial charge >= 0.3 is 0 Å². The van der Waals surface area contributed by atoms with Crippen molar-refractivity contribution in [1.29, 1.82) is 0 Å². The SMILES string of the molecule is Oc1cccc(-c2nc(N3CCOCC3)nc3c2ncn3CC=Cc2ccccc2)c1. The van der Waals surface area contributed by atoms with E-state index in [1.54, 1.807) is 18.5 Å². The Morgan fingerprint density at radius 1 is 1.00 bits per heavy atom. The van der Waals surface area contributed by atoms with Crippen LogP contribution >= 0.6 is 0 Å². The van der Waals surface area contributed by atoms with Gasteiger partial charge in [0.1, 0.15) is 17.0 Å². The molecule has 1 aliphatic rings. The number of nitrogens with zero attached hydrogens (tertiary/aromatic N) is 5. The summed E-state index contributed by atoms with van der Waals surface area (Å²) < 4.78 is 7.51. The van der Waals surface area contributed by atoms with E-state index in [2.05, 4.69) is 34.2 Å². The highest BCUT2D eigenvalue weighted by Crippen LogP contribution is 2.29. The number of allylic oxidation sites excluding steroid dienone is 1. The van der Waals surface area contributed by atoms with E-state index < -0.39 is 0 Å². The highest BCUT2D eigenvalue weighted by molar-refractivity contribution is 5.88. The van der Waals surface area contributed by atoms with Gasteiger partial charge in [0.15, 0.2) is 5.65 Å². The third-order valence-electron chi connectivity index (χ3n) is 5.28. The number of aromatic hydroxyl groups is 1. The molecule has 0 spiro atoms. The van der Waals surface area contributed by atoms with Gasteiger partial charge in [-0.1, -0.05) is 54.6 Å². The molecule has 2 aromatic heterocycles. The second-order valence-electron chi connectivity index (χ2n) is 7.40. The van der Waals surface area contributed by atoms with Crippen molar-refractivity contribution < 1.29 is 9.84 Å². The Kier molecular flexibility index (Phi) is 5.33. The van der Waals surface area contributed by atoms with Gasteiger partial charge in [-0.3, -0.25) is 0 Å². The summed E-state index contributed by atoms with van der Waals surface area (Å²) in [5.74, 6) is 0.852. The molecule has 0 amide bonds. The number of phenols is 1. The molecule has 0 bridgehead atoms. The molecule has 7 heteroatoms. The Hall–Kier alpha value is -3.71. The van der Waals surface area contributed by atoms with E-state index in [1.807, 2.05) is 34.9 Å². The number of ether oxygens (including phenoxy) is 1. The molecule has 1 aliphatic heterocycles. The fraction of sp³-hybridized carbons (Fsp3) is 0.208. The van der Waals surface area contributed by atoms with Crippen LogP contribution in [0.1, 0.15) is 5.56 Å².